The summed E-state index contributed by atoms with van der Waals surface area (Å²) in [5.41, 5.74) is 8.14. The van der Waals surface area contributed by atoms with Gasteiger partial charge in [-0.3, -0.25) is 0 Å². The van der Waals surface area contributed by atoms with Crippen LogP contribution in [0.3, 0.4) is 0 Å². The van der Waals surface area contributed by atoms with Gasteiger partial charge in [0.2, 0.25) is 0 Å². The fourth-order valence-corrected chi connectivity index (χ4v) is 2.32. The first-order valence-corrected chi connectivity index (χ1v) is 9.09. The molecular formula is C14H25NOSi. The minimum absolute atomic E-state index is 0.255. The van der Waals surface area contributed by atoms with E-state index >= 15 is 0 Å². The predicted molar refractivity (Wildman–Crippen MR) is 76.3 cm³/mol. The molecule has 0 spiro atoms. The molecule has 1 rings (SSSR count). The van der Waals surface area contributed by atoms with E-state index in [2.05, 4.69) is 46.0 Å². The zero-order valence-corrected chi connectivity index (χ0v) is 12.7. The van der Waals surface area contributed by atoms with Crippen LogP contribution in [0, 0.1) is 0 Å². The average molecular weight is 251 g/mol. The van der Waals surface area contributed by atoms with Gasteiger partial charge in [-0.1, -0.05) is 45.0 Å². The summed E-state index contributed by atoms with van der Waals surface area (Å²) in [5, 5.41) is 0.255. The summed E-state index contributed by atoms with van der Waals surface area (Å²) < 4.78 is 6.21. The lowest BCUT2D eigenvalue weighted by Gasteiger charge is -2.36. The molecule has 0 saturated carbocycles. The summed E-state index contributed by atoms with van der Waals surface area (Å²) in [6.45, 7) is 12.6. The molecule has 0 saturated heterocycles. The molecule has 0 aliphatic heterocycles. The summed E-state index contributed by atoms with van der Waals surface area (Å²) in [4.78, 5) is 0. The lowest BCUT2D eigenvalue weighted by atomic mass is 10.1. The second kappa shape index (κ2) is 5.34. The molecule has 0 fully saturated rings. The van der Waals surface area contributed by atoms with Gasteiger partial charge in [0, 0.05) is 6.54 Å². The molecule has 3 heteroatoms. The smallest absolute Gasteiger partial charge is 0.192 e. The Kier molecular flexibility index (Phi) is 4.53. The highest BCUT2D eigenvalue weighted by atomic mass is 28.4. The second-order valence-corrected chi connectivity index (χ2v) is 10.8. The van der Waals surface area contributed by atoms with E-state index < -0.39 is 8.32 Å². The maximum absolute atomic E-state index is 6.21. The standard InChI is InChI=1S/C14H25NOSi/c1-14(2,3)17(4,5)16-11-13-9-7-6-8-12(13)10-15/h6-9H,10-11,15H2,1-5H3. The van der Waals surface area contributed by atoms with Crippen molar-refractivity contribution in [3.05, 3.63) is 35.4 Å². The van der Waals surface area contributed by atoms with Crippen molar-refractivity contribution in [1.82, 2.24) is 0 Å². The number of hydrogen-bond acceptors (Lipinski definition) is 2. The van der Waals surface area contributed by atoms with E-state index in [9.17, 15) is 0 Å². The Morgan fingerprint density at radius 2 is 1.65 bits per heavy atom. The zero-order chi connectivity index (χ0) is 13.1. The minimum Gasteiger partial charge on any atom is -0.413 e. The van der Waals surface area contributed by atoms with Crippen LogP contribution in [0.2, 0.25) is 18.1 Å². The third-order valence-corrected chi connectivity index (χ3v) is 8.21. The van der Waals surface area contributed by atoms with Crippen molar-refractivity contribution in [2.24, 2.45) is 5.73 Å². The van der Waals surface area contributed by atoms with Crippen molar-refractivity contribution >= 4 is 8.32 Å². The van der Waals surface area contributed by atoms with Crippen LogP contribution in [0.4, 0.5) is 0 Å². The zero-order valence-electron chi connectivity index (χ0n) is 11.7. The van der Waals surface area contributed by atoms with Crippen molar-refractivity contribution in [2.75, 3.05) is 0 Å². The number of hydrogen-bond donors (Lipinski definition) is 1. The Labute approximate surface area is 106 Å². The Morgan fingerprint density at radius 1 is 1.12 bits per heavy atom. The molecule has 0 bridgehead atoms. The third-order valence-electron chi connectivity index (χ3n) is 3.73. The van der Waals surface area contributed by atoms with Gasteiger partial charge < -0.3 is 10.2 Å². The molecule has 1 aromatic carbocycles. The molecule has 2 nitrogen and oxygen atoms in total. The van der Waals surface area contributed by atoms with Gasteiger partial charge in [0.1, 0.15) is 0 Å². The molecule has 0 radical (unpaired) electrons. The molecule has 0 heterocycles. The summed E-state index contributed by atoms with van der Waals surface area (Å²) in [6.07, 6.45) is 0. The SMILES string of the molecule is CC(C)(C)[Si](C)(C)OCc1ccccc1CN. The van der Waals surface area contributed by atoms with E-state index in [0.29, 0.717) is 13.2 Å². The van der Waals surface area contributed by atoms with Crippen LogP contribution in [0.15, 0.2) is 24.3 Å². The van der Waals surface area contributed by atoms with Crippen molar-refractivity contribution in [3.8, 4) is 0 Å². The van der Waals surface area contributed by atoms with Crippen LogP contribution in [0.5, 0.6) is 0 Å². The van der Waals surface area contributed by atoms with Gasteiger partial charge in [-0.25, -0.2) is 0 Å². The topological polar surface area (TPSA) is 35.2 Å². The van der Waals surface area contributed by atoms with Gasteiger partial charge >= 0.3 is 0 Å². The monoisotopic (exact) mass is 251 g/mol. The molecule has 1 aromatic rings. The number of benzene rings is 1. The van der Waals surface area contributed by atoms with E-state index in [1.807, 2.05) is 12.1 Å². The van der Waals surface area contributed by atoms with Gasteiger partial charge in [-0.2, -0.15) is 0 Å². The maximum atomic E-state index is 6.21. The molecule has 0 unspecified atom stereocenters. The first-order valence-electron chi connectivity index (χ1n) is 6.19. The van der Waals surface area contributed by atoms with Crippen molar-refractivity contribution < 1.29 is 4.43 Å². The normalized spacial score (nSPS) is 12.8. The molecule has 0 atom stereocenters. The summed E-state index contributed by atoms with van der Waals surface area (Å²) in [6, 6.07) is 8.25. The van der Waals surface area contributed by atoms with Crippen molar-refractivity contribution in [3.63, 3.8) is 0 Å². The van der Waals surface area contributed by atoms with Crippen LogP contribution in [-0.4, -0.2) is 8.32 Å². The van der Waals surface area contributed by atoms with Gasteiger partial charge in [-0.15, -0.1) is 0 Å². The van der Waals surface area contributed by atoms with Crippen molar-refractivity contribution in [2.45, 2.75) is 52.1 Å². The Bertz CT molecular complexity index is 369. The minimum atomic E-state index is -1.66. The van der Waals surface area contributed by atoms with Crippen LogP contribution >= 0.6 is 0 Å². The summed E-state index contributed by atoms with van der Waals surface area (Å²) >= 11 is 0. The highest BCUT2D eigenvalue weighted by molar-refractivity contribution is 6.74. The molecule has 0 aliphatic rings. The molecule has 2 N–H and O–H groups in total. The Balaban J connectivity index is 2.74. The van der Waals surface area contributed by atoms with E-state index in [4.69, 9.17) is 10.2 Å². The highest BCUT2D eigenvalue weighted by Crippen LogP contribution is 2.37. The average Bonchev–Trinajstić information content (AvgIpc) is 2.25. The predicted octanol–water partition coefficient (Wildman–Crippen LogP) is 3.67. The van der Waals surface area contributed by atoms with Gasteiger partial charge in [0.05, 0.1) is 6.61 Å². The molecule has 0 aliphatic carbocycles. The fraction of sp³-hybridized carbons (Fsp3) is 0.571. The van der Waals surface area contributed by atoms with Crippen LogP contribution < -0.4 is 5.73 Å². The summed E-state index contributed by atoms with van der Waals surface area (Å²) in [5.74, 6) is 0. The Hall–Kier alpha value is -0.643. The lowest BCUT2D eigenvalue weighted by Crippen LogP contribution is -2.40. The first kappa shape index (κ1) is 14.4. The molecule has 0 amide bonds. The second-order valence-electron chi connectivity index (χ2n) is 6.02. The van der Waals surface area contributed by atoms with E-state index in [-0.39, 0.29) is 5.04 Å². The Morgan fingerprint density at radius 3 is 2.12 bits per heavy atom. The number of nitrogens with two attached hydrogens (primary N) is 1. The van der Waals surface area contributed by atoms with Gasteiger partial charge in [0.25, 0.3) is 0 Å². The first-order chi connectivity index (χ1) is 7.78. The maximum Gasteiger partial charge on any atom is 0.192 e. The van der Waals surface area contributed by atoms with Crippen LogP contribution in [0.1, 0.15) is 31.9 Å². The van der Waals surface area contributed by atoms with Crippen molar-refractivity contribution in [1.29, 1.82) is 0 Å². The molecular weight excluding hydrogens is 226 g/mol. The van der Waals surface area contributed by atoms with E-state index in [0.717, 1.165) is 0 Å². The molecule has 17 heavy (non-hydrogen) atoms. The number of rotatable bonds is 4. The van der Waals surface area contributed by atoms with E-state index in [1.165, 1.54) is 11.1 Å². The summed E-state index contributed by atoms with van der Waals surface area (Å²) in [7, 11) is -1.66. The quantitative estimate of drug-likeness (QED) is 0.829. The van der Waals surface area contributed by atoms with Gasteiger partial charge in [-0.05, 0) is 29.3 Å². The largest absolute Gasteiger partial charge is 0.413 e. The fourth-order valence-electron chi connectivity index (χ4n) is 1.37. The lowest BCUT2D eigenvalue weighted by molar-refractivity contribution is 0.275. The van der Waals surface area contributed by atoms with Crippen LogP contribution in [-0.2, 0) is 17.6 Å². The molecule has 0 aromatic heterocycles. The van der Waals surface area contributed by atoms with Crippen LogP contribution in [0.25, 0.3) is 0 Å². The van der Waals surface area contributed by atoms with E-state index in [1.54, 1.807) is 0 Å². The third kappa shape index (κ3) is 3.66. The molecule has 96 valence electrons. The highest BCUT2D eigenvalue weighted by Gasteiger charge is 2.37. The van der Waals surface area contributed by atoms with Gasteiger partial charge in [0.15, 0.2) is 8.32 Å².